The summed E-state index contributed by atoms with van der Waals surface area (Å²) < 4.78 is 15.7. The summed E-state index contributed by atoms with van der Waals surface area (Å²) in [5.74, 6) is 2.53. The number of hydrogen-bond acceptors (Lipinski definition) is 13. The van der Waals surface area contributed by atoms with Gasteiger partial charge in [0, 0.05) is 74.1 Å². The van der Waals surface area contributed by atoms with Crippen molar-refractivity contribution >= 4 is 81.0 Å². The number of nitrogens with zero attached hydrogens (tertiary/aromatic N) is 13. The third-order valence-corrected chi connectivity index (χ3v) is 13.5. The average Bonchev–Trinajstić information content (AvgIpc) is 1.72. The van der Waals surface area contributed by atoms with E-state index < -0.39 is 7.12 Å². The lowest BCUT2D eigenvalue weighted by Gasteiger charge is -2.18. The molecule has 0 saturated carbocycles. The number of hydrogen-bond donors (Lipinski definition) is 4. The molecule has 3 aromatic carbocycles. The second-order valence-corrected chi connectivity index (χ2v) is 24.3. The Balaban J connectivity index is 0.000000171. The molecule has 24 heteroatoms. The number of ether oxygens (including phenoxy) is 1. The van der Waals surface area contributed by atoms with E-state index in [-0.39, 0.29) is 50.8 Å². The summed E-state index contributed by atoms with van der Waals surface area (Å²) in [6.07, 6.45) is 3.06. The Morgan fingerprint density at radius 3 is 1.44 bits per heavy atom. The molecule has 0 radical (unpaired) electrons. The van der Waals surface area contributed by atoms with Crippen LogP contribution in [0.25, 0.3) is 65.7 Å². The van der Waals surface area contributed by atoms with E-state index in [0.29, 0.717) is 75.4 Å². The van der Waals surface area contributed by atoms with Gasteiger partial charge in [0.2, 0.25) is 0 Å². The van der Waals surface area contributed by atoms with Gasteiger partial charge in [-0.2, -0.15) is 0 Å². The van der Waals surface area contributed by atoms with E-state index in [2.05, 4.69) is 71.2 Å². The average molecular weight is 1240 g/mol. The number of benzene rings is 3. The minimum Gasteiger partial charge on any atom is -0.508 e. The van der Waals surface area contributed by atoms with E-state index in [9.17, 15) is 19.5 Å². The van der Waals surface area contributed by atoms with Crippen LogP contribution in [-0.2, 0) is 40.8 Å². The summed E-state index contributed by atoms with van der Waals surface area (Å²) >= 11 is 11.0. The number of rotatable bonds is 9. The van der Waals surface area contributed by atoms with Crippen molar-refractivity contribution in [3.05, 3.63) is 210 Å². The maximum absolute atomic E-state index is 12.8. The predicted molar refractivity (Wildman–Crippen MR) is 350 cm³/mol. The Labute approximate surface area is 524 Å². The number of aryl methyl sites for hydroxylation is 3. The first kappa shape index (κ1) is 66.7. The molecule has 0 aliphatic rings. The van der Waals surface area contributed by atoms with E-state index >= 15 is 0 Å². The third-order valence-electron chi connectivity index (χ3n) is 13.0. The largest absolute Gasteiger partial charge is 0.508 e. The van der Waals surface area contributed by atoms with Gasteiger partial charge >= 0.3 is 24.2 Å². The molecule has 89 heavy (non-hydrogen) atoms. The SMILES string of the molecule is CC(C)Cn1c(=O)n(C)c2nc(B(O)O)ccc21.Cn1c(=O)n(CC(C)(C)C)c2ccc(-c3cccc(O)c3)nc21.Oc1cccc(Cl)c1.[C-]#[N+]c1cc(Cl)ccn1.[C-]#[N+]c1cc(Oc2cccc(-c3ccc4c(n3)n(C)c(=O)n4CC(C)(C)C)c2)ccn1. The van der Waals surface area contributed by atoms with E-state index in [4.69, 9.17) is 61.2 Å². The van der Waals surface area contributed by atoms with Crippen molar-refractivity contribution in [2.24, 2.45) is 37.9 Å². The zero-order valence-electron chi connectivity index (χ0n) is 51.1. The summed E-state index contributed by atoms with van der Waals surface area (Å²) in [7, 11) is 3.49. The molecule has 0 aliphatic heterocycles. The van der Waals surface area contributed by atoms with E-state index in [0.717, 1.165) is 33.5 Å². The number of phenolic OH excluding ortho intramolecular Hbond substituents is 2. The van der Waals surface area contributed by atoms with Gasteiger partial charge in [-0.25, -0.2) is 29.3 Å². The van der Waals surface area contributed by atoms with Gasteiger partial charge < -0.3 is 34.7 Å². The van der Waals surface area contributed by atoms with Crippen LogP contribution in [0, 0.1) is 29.9 Å². The van der Waals surface area contributed by atoms with Crippen LogP contribution in [0.2, 0.25) is 10.0 Å². The van der Waals surface area contributed by atoms with Crippen molar-refractivity contribution in [1.82, 2.24) is 52.3 Å². The molecular weight excluding hydrogens is 1170 g/mol. The predicted octanol–water partition coefficient (Wildman–Crippen LogP) is 11.7. The zero-order chi connectivity index (χ0) is 65.1. The van der Waals surface area contributed by atoms with Crippen LogP contribution in [0.1, 0.15) is 55.4 Å². The Kier molecular flexibility index (Phi) is 21.6. The summed E-state index contributed by atoms with van der Waals surface area (Å²) in [5, 5.41) is 37.7. The molecule has 8 aromatic heterocycles. The smallest absolute Gasteiger partial charge is 0.508 e. The molecule has 4 N–H and O–H groups in total. The van der Waals surface area contributed by atoms with Gasteiger partial charge in [0.15, 0.2) is 16.9 Å². The quantitative estimate of drug-likeness (QED) is 0.0777. The first-order valence-electron chi connectivity index (χ1n) is 27.9. The molecule has 0 amide bonds. The third kappa shape index (κ3) is 17.5. The van der Waals surface area contributed by atoms with Gasteiger partial charge in [0.1, 0.15) is 35.4 Å². The Bertz CT molecular complexity index is 4580. The lowest BCUT2D eigenvalue weighted by Crippen LogP contribution is -2.32. The highest BCUT2D eigenvalue weighted by Gasteiger charge is 2.22. The number of aromatic hydroxyl groups is 2. The molecule has 8 heterocycles. The summed E-state index contributed by atoms with van der Waals surface area (Å²) in [6, 6.07) is 38.3. The van der Waals surface area contributed by atoms with Crippen molar-refractivity contribution in [3.8, 4) is 45.5 Å². The van der Waals surface area contributed by atoms with Gasteiger partial charge in [0.25, 0.3) is 11.6 Å². The minimum atomic E-state index is -1.63. The Morgan fingerprint density at radius 2 is 0.978 bits per heavy atom. The van der Waals surface area contributed by atoms with Gasteiger partial charge in [0.05, 0.1) is 33.5 Å². The fourth-order valence-electron chi connectivity index (χ4n) is 9.07. The monoisotopic (exact) mass is 1240 g/mol. The van der Waals surface area contributed by atoms with Crippen LogP contribution in [0.4, 0.5) is 11.6 Å². The molecule has 0 spiro atoms. The summed E-state index contributed by atoms with van der Waals surface area (Å²) in [6.45, 7) is 32.2. The number of halogens is 2. The molecule has 458 valence electrons. The molecule has 21 nitrogen and oxygen atoms in total. The van der Waals surface area contributed by atoms with Crippen LogP contribution in [-0.4, -0.2) is 79.7 Å². The van der Waals surface area contributed by atoms with Gasteiger partial charge in [-0.1, -0.05) is 122 Å². The second-order valence-electron chi connectivity index (χ2n) is 23.4. The molecule has 0 fully saturated rings. The Morgan fingerprint density at radius 1 is 0.539 bits per heavy atom. The zero-order valence-corrected chi connectivity index (χ0v) is 52.6. The molecular formula is C65H68BCl2N13O8. The van der Waals surface area contributed by atoms with Crippen molar-refractivity contribution in [2.45, 2.75) is 75.0 Å². The highest BCUT2D eigenvalue weighted by atomic mass is 35.5. The van der Waals surface area contributed by atoms with Crippen LogP contribution < -0.4 is 27.4 Å². The highest BCUT2D eigenvalue weighted by molar-refractivity contribution is 6.57. The number of phenols is 2. The number of fused-ring (bicyclic) bond motifs is 3. The maximum Gasteiger partial charge on any atom is 0.508 e. The summed E-state index contributed by atoms with van der Waals surface area (Å²) in [4.78, 5) is 64.9. The van der Waals surface area contributed by atoms with Gasteiger partial charge in [-0.3, -0.25) is 27.4 Å². The fourth-order valence-corrected chi connectivity index (χ4v) is 9.41. The van der Waals surface area contributed by atoms with Gasteiger partial charge in [-0.05, 0) is 108 Å². The lowest BCUT2D eigenvalue weighted by molar-refractivity contribution is 0.342. The molecule has 0 aliphatic carbocycles. The van der Waals surface area contributed by atoms with Crippen molar-refractivity contribution in [2.75, 3.05) is 0 Å². The lowest BCUT2D eigenvalue weighted by atomic mass is 9.86. The normalized spacial score (nSPS) is 11.1. The second kappa shape index (κ2) is 28.8. The molecule has 0 saturated heterocycles. The highest BCUT2D eigenvalue weighted by Crippen LogP contribution is 2.30. The topological polar surface area (TPSA) is 244 Å². The van der Waals surface area contributed by atoms with Crippen molar-refractivity contribution < 1.29 is 25.0 Å². The van der Waals surface area contributed by atoms with Crippen LogP contribution >= 0.6 is 23.2 Å². The Hall–Kier alpha value is -9.84. The maximum atomic E-state index is 12.8. The number of aromatic nitrogens is 11. The van der Waals surface area contributed by atoms with E-state index in [1.807, 2.05) is 68.4 Å². The molecule has 11 aromatic rings. The molecule has 11 rings (SSSR count). The summed E-state index contributed by atoms with van der Waals surface area (Å²) in [5.41, 5.74) is 7.14. The minimum absolute atomic E-state index is 0.00199. The standard InChI is InChI=1S/C24H23N5O2.C18H21N3O2.C11H16BN3O3.C6H3ClN2.C6H5ClO/c1-24(2,3)15-29-20-10-9-19(27-22(20)28(5)23(29)30)16-7-6-8-17(13-16)31-18-11-12-26-21(14-18)25-4;1-18(2,3)11-21-15-9-8-14(12-6-5-7-13(22)10-12)19-16(15)20(4)17(21)23;1-7(2)6-15-8-4-5-9(12(17)18)13-10(8)14(3)11(15)16;1-8-6-4-5(7)2-3-9-6;7-5-2-1-3-6(8)4-5/h6-14H,15H2,1-3,5H3;5-10,22H,11H2,1-4H3;4-5,7,17-18H,6H2,1-3H3;2-4H;1-4,8H. The fraction of sp³-hybridized carbons (Fsp3) is 0.262. The molecule has 0 bridgehead atoms. The van der Waals surface area contributed by atoms with Gasteiger partial charge in [-0.15, -0.1) is 9.97 Å². The van der Waals surface area contributed by atoms with Crippen molar-refractivity contribution in [3.63, 3.8) is 0 Å². The van der Waals surface area contributed by atoms with Crippen molar-refractivity contribution in [1.29, 1.82) is 0 Å². The van der Waals surface area contributed by atoms with E-state index in [1.165, 1.54) is 29.0 Å². The number of pyridine rings is 5. The first-order chi connectivity index (χ1) is 42.0. The molecule has 0 unspecified atom stereocenters. The van der Waals surface area contributed by atoms with Crippen LogP contribution in [0.5, 0.6) is 23.0 Å². The molecule has 0 atom stereocenters. The van der Waals surface area contributed by atoms with E-state index in [1.54, 1.807) is 111 Å². The number of imidazole rings is 3. The first-order valence-corrected chi connectivity index (χ1v) is 28.7. The van der Waals surface area contributed by atoms with Crippen LogP contribution in [0.15, 0.2) is 160 Å². The van der Waals surface area contributed by atoms with Crippen LogP contribution in [0.3, 0.4) is 0 Å².